The van der Waals surface area contributed by atoms with Gasteiger partial charge in [0, 0.05) is 22.5 Å². The number of benzene rings is 1. The first-order chi connectivity index (χ1) is 10.1. The molecule has 1 N–H and O–H groups in total. The molecule has 0 aromatic heterocycles. The summed E-state index contributed by atoms with van der Waals surface area (Å²) in [7, 11) is 0. The Balaban J connectivity index is 1.71. The SMILES string of the molecule is O=C(O)c1cc(SC2CCOC3(CCSC3)C2)ccc1F. The molecule has 2 heterocycles. The summed E-state index contributed by atoms with van der Waals surface area (Å²) >= 11 is 3.58. The van der Waals surface area contributed by atoms with E-state index in [9.17, 15) is 9.18 Å². The number of carboxylic acid groups (broad SMARTS) is 1. The van der Waals surface area contributed by atoms with Crippen LogP contribution >= 0.6 is 23.5 Å². The lowest BCUT2D eigenvalue weighted by Crippen LogP contribution is -2.40. The highest BCUT2D eigenvalue weighted by Crippen LogP contribution is 2.43. The fourth-order valence-electron chi connectivity index (χ4n) is 2.88. The van der Waals surface area contributed by atoms with E-state index in [1.165, 1.54) is 12.1 Å². The quantitative estimate of drug-likeness (QED) is 0.917. The zero-order valence-corrected chi connectivity index (χ0v) is 13.1. The molecule has 2 aliphatic heterocycles. The molecule has 2 unspecified atom stereocenters. The smallest absolute Gasteiger partial charge is 0.338 e. The van der Waals surface area contributed by atoms with E-state index in [1.807, 2.05) is 11.8 Å². The van der Waals surface area contributed by atoms with Gasteiger partial charge in [0.25, 0.3) is 0 Å². The van der Waals surface area contributed by atoms with Crippen molar-refractivity contribution in [3.63, 3.8) is 0 Å². The van der Waals surface area contributed by atoms with Crippen molar-refractivity contribution in [2.24, 2.45) is 0 Å². The first kappa shape index (κ1) is 15.2. The third-order valence-corrected chi connectivity index (χ3v) is 6.47. The molecule has 0 amide bonds. The Morgan fingerprint density at radius 2 is 2.38 bits per heavy atom. The maximum absolute atomic E-state index is 13.4. The normalized spacial score (nSPS) is 28.9. The second-order valence-corrected chi connectivity index (χ2v) is 7.99. The number of halogens is 1. The molecule has 21 heavy (non-hydrogen) atoms. The van der Waals surface area contributed by atoms with Crippen LogP contribution in [0.3, 0.4) is 0 Å². The lowest BCUT2D eigenvalue weighted by Gasteiger charge is -2.37. The van der Waals surface area contributed by atoms with E-state index >= 15 is 0 Å². The minimum absolute atomic E-state index is 0.0102. The van der Waals surface area contributed by atoms with Crippen LogP contribution in [-0.4, -0.2) is 40.0 Å². The zero-order valence-electron chi connectivity index (χ0n) is 11.5. The van der Waals surface area contributed by atoms with Gasteiger partial charge in [-0.2, -0.15) is 11.8 Å². The van der Waals surface area contributed by atoms with Crippen molar-refractivity contribution in [1.29, 1.82) is 0 Å². The molecular weight excluding hydrogens is 311 g/mol. The number of rotatable bonds is 3. The number of hydrogen-bond acceptors (Lipinski definition) is 4. The maximum Gasteiger partial charge on any atom is 0.338 e. The van der Waals surface area contributed by atoms with Crippen LogP contribution in [0.1, 0.15) is 29.6 Å². The number of hydrogen-bond donors (Lipinski definition) is 1. The van der Waals surface area contributed by atoms with Crippen LogP contribution in [0.5, 0.6) is 0 Å². The predicted molar refractivity (Wildman–Crippen MR) is 82.9 cm³/mol. The lowest BCUT2D eigenvalue weighted by molar-refractivity contribution is -0.0562. The van der Waals surface area contributed by atoms with Gasteiger partial charge in [0.05, 0.1) is 11.2 Å². The molecule has 0 saturated carbocycles. The monoisotopic (exact) mass is 328 g/mol. The van der Waals surface area contributed by atoms with Crippen molar-refractivity contribution < 1.29 is 19.0 Å². The van der Waals surface area contributed by atoms with Crippen LogP contribution in [0.2, 0.25) is 0 Å². The lowest BCUT2D eigenvalue weighted by atomic mass is 9.93. The molecule has 2 atom stereocenters. The Morgan fingerprint density at radius 3 is 3.10 bits per heavy atom. The summed E-state index contributed by atoms with van der Waals surface area (Å²) in [6.07, 6.45) is 3.04. The van der Waals surface area contributed by atoms with Gasteiger partial charge in [-0.05, 0) is 43.2 Å². The Kier molecular flexibility index (Phi) is 4.47. The minimum atomic E-state index is -1.22. The second-order valence-electron chi connectivity index (χ2n) is 5.51. The molecular formula is C15H17FO3S2. The number of carbonyl (C=O) groups is 1. The van der Waals surface area contributed by atoms with Crippen LogP contribution < -0.4 is 0 Å². The Labute approximate surface area is 131 Å². The molecule has 0 radical (unpaired) electrons. The van der Waals surface area contributed by atoms with Crippen molar-refractivity contribution in [3.05, 3.63) is 29.6 Å². The van der Waals surface area contributed by atoms with E-state index in [4.69, 9.17) is 9.84 Å². The third-order valence-electron chi connectivity index (χ3n) is 3.99. The predicted octanol–water partition coefficient (Wildman–Crippen LogP) is 3.67. The van der Waals surface area contributed by atoms with Gasteiger partial charge in [0.1, 0.15) is 5.82 Å². The molecule has 6 heteroatoms. The molecule has 2 aliphatic rings. The van der Waals surface area contributed by atoms with Gasteiger partial charge < -0.3 is 9.84 Å². The van der Waals surface area contributed by atoms with Gasteiger partial charge in [0.15, 0.2) is 0 Å². The molecule has 1 spiro atoms. The molecule has 3 rings (SSSR count). The molecule has 3 nitrogen and oxygen atoms in total. The van der Waals surface area contributed by atoms with Crippen LogP contribution in [0, 0.1) is 5.82 Å². The highest BCUT2D eigenvalue weighted by atomic mass is 32.2. The molecule has 114 valence electrons. The van der Waals surface area contributed by atoms with E-state index in [1.54, 1.807) is 17.8 Å². The molecule has 2 saturated heterocycles. The third kappa shape index (κ3) is 3.38. The van der Waals surface area contributed by atoms with E-state index in [-0.39, 0.29) is 11.2 Å². The summed E-state index contributed by atoms with van der Waals surface area (Å²) in [5.74, 6) is 0.304. The average Bonchev–Trinajstić information content (AvgIpc) is 2.88. The number of thioether (sulfide) groups is 2. The van der Waals surface area contributed by atoms with E-state index < -0.39 is 11.8 Å². The molecule has 0 bridgehead atoms. The minimum Gasteiger partial charge on any atom is -0.478 e. The summed E-state index contributed by atoms with van der Waals surface area (Å²) in [6, 6.07) is 4.35. The number of carboxylic acids is 1. The molecule has 1 aromatic carbocycles. The maximum atomic E-state index is 13.4. The van der Waals surface area contributed by atoms with Crippen molar-refractivity contribution in [2.75, 3.05) is 18.1 Å². The molecule has 2 fully saturated rings. The van der Waals surface area contributed by atoms with Gasteiger partial charge in [-0.3, -0.25) is 0 Å². The zero-order chi connectivity index (χ0) is 14.9. The fourth-order valence-corrected chi connectivity index (χ4v) is 5.58. The topological polar surface area (TPSA) is 46.5 Å². The Hall–Kier alpha value is -0.720. The summed E-state index contributed by atoms with van der Waals surface area (Å²) in [6.45, 7) is 0.755. The first-order valence-corrected chi connectivity index (χ1v) is 9.03. The standard InChI is InChI=1S/C15H17FO3S2/c16-13-2-1-10(7-12(13)14(17)18)21-11-3-5-19-15(8-11)4-6-20-9-15/h1-2,7,11H,3-6,8-9H2,(H,17,18). The summed E-state index contributed by atoms with van der Waals surface area (Å²) < 4.78 is 19.4. The highest BCUT2D eigenvalue weighted by Gasteiger charge is 2.40. The summed E-state index contributed by atoms with van der Waals surface area (Å²) in [5.41, 5.74) is -0.242. The number of ether oxygens (including phenoxy) is 1. The van der Waals surface area contributed by atoms with Gasteiger partial charge in [-0.15, -0.1) is 11.8 Å². The van der Waals surface area contributed by atoms with Crippen molar-refractivity contribution in [1.82, 2.24) is 0 Å². The largest absolute Gasteiger partial charge is 0.478 e. The summed E-state index contributed by atoms with van der Waals surface area (Å²) in [4.78, 5) is 11.8. The molecule has 0 aliphatic carbocycles. The highest BCUT2D eigenvalue weighted by molar-refractivity contribution is 8.00. The van der Waals surface area contributed by atoms with Gasteiger partial charge in [0.2, 0.25) is 0 Å². The number of aromatic carboxylic acids is 1. The van der Waals surface area contributed by atoms with Crippen molar-refractivity contribution in [2.45, 2.75) is 35.0 Å². The van der Waals surface area contributed by atoms with Gasteiger partial charge in [-0.25, -0.2) is 9.18 Å². The fraction of sp³-hybridized carbons (Fsp3) is 0.533. The van der Waals surface area contributed by atoms with Gasteiger partial charge >= 0.3 is 5.97 Å². The summed E-state index contributed by atoms with van der Waals surface area (Å²) in [5, 5.41) is 9.40. The average molecular weight is 328 g/mol. The van der Waals surface area contributed by atoms with Crippen LogP contribution in [0.4, 0.5) is 4.39 Å². The van der Waals surface area contributed by atoms with Crippen LogP contribution in [0.15, 0.2) is 23.1 Å². The molecule has 1 aromatic rings. The first-order valence-electron chi connectivity index (χ1n) is 6.99. The van der Waals surface area contributed by atoms with E-state index in [0.29, 0.717) is 5.25 Å². The Morgan fingerprint density at radius 1 is 1.52 bits per heavy atom. The van der Waals surface area contributed by atoms with Crippen LogP contribution in [0.25, 0.3) is 0 Å². The second kappa shape index (κ2) is 6.18. The van der Waals surface area contributed by atoms with Gasteiger partial charge in [-0.1, -0.05) is 0 Å². The van der Waals surface area contributed by atoms with E-state index in [2.05, 4.69) is 0 Å². The van der Waals surface area contributed by atoms with Crippen molar-refractivity contribution in [3.8, 4) is 0 Å². The van der Waals surface area contributed by atoms with E-state index in [0.717, 1.165) is 42.3 Å². The van der Waals surface area contributed by atoms with Crippen LogP contribution in [-0.2, 0) is 4.74 Å². The van der Waals surface area contributed by atoms with Crippen molar-refractivity contribution >= 4 is 29.5 Å². The Bertz CT molecular complexity index is 544.